The Bertz CT molecular complexity index is 1640. The Labute approximate surface area is 226 Å². The summed E-state index contributed by atoms with van der Waals surface area (Å²) >= 11 is 6.29. The molecular weight excluding hydrogens is 534 g/mol. The van der Waals surface area contributed by atoms with Gasteiger partial charge < -0.3 is 24.7 Å². The summed E-state index contributed by atoms with van der Waals surface area (Å²) in [4.78, 5) is 57.0. The lowest BCUT2D eigenvalue weighted by Crippen LogP contribution is -2.17. The van der Waals surface area contributed by atoms with E-state index in [0.29, 0.717) is 0 Å². The van der Waals surface area contributed by atoms with Gasteiger partial charge in [-0.3, -0.25) is 4.40 Å². The van der Waals surface area contributed by atoms with E-state index in [2.05, 4.69) is 10.1 Å². The van der Waals surface area contributed by atoms with E-state index >= 15 is 0 Å². The molecule has 14 heteroatoms. The van der Waals surface area contributed by atoms with Gasteiger partial charge in [0.2, 0.25) is 0 Å². The lowest BCUT2D eigenvalue weighted by molar-refractivity contribution is 0.0459. The first-order valence-corrected chi connectivity index (χ1v) is 12.2. The highest BCUT2D eigenvalue weighted by molar-refractivity contribution is 6.31. The minimum Gasteiger partial charge on any atom is -0.465 e. The number of carbonyl (C=O) groups excluding carboxylic acids is 4. The number of hydrogen-bond donors (Lipinski definition) is 1. The number of esters is 4. The first kappa shape index (κ1) is 27.4. The third-order valence-corrected chi connectivity index (χ3v) is 5.86. The zero-order chi connectivity index (χ0) is 28.4. The maximum absolute atomic E-state index is 13.4. The molecule has 2 N–H and O–H groups in total. The molecule has 3 heterocycles. The van der Waals surface area contributed by atoms with Gasteiger partial charge in [0.15, 0.2) is 5.82 Å². The molecule has 0 unspecified atom stereocenters. The molecule has 39 heavy (non-hydrogen) atoms. The van der Waals surface area contributed by atoms with Gasteiger partial charge in [0, 0.05) is 5.02 Å². The summed E-state index contributed by atoms with van der Waals surface area (Å²) in [5, 5.41) is 4.46. The van der Waals surface area contributed by atoms with E-state index in [1.54, 1.807) is 32.9 Å². The van der Waals surface area contributed by atoms with Crippen molar-refractivity contribution >= 4 is 57.8 Å². The molecule has 0 aliphatic rings. The Morgan fingerprint density at radius 2 is 1.54 bits per heavy atom. The van der Waals surface area contributed by atoms with Crippen molar-refractivity contribution in [1.29, 1.82) is 0 Å². The van der Waals surface area contributed by atoms with Crippen LogP contribution in [0.5, 0.6) is 0 Å². The molecule has 0 bridgehead atoms. The van der Waals surface area contributed by atoms with Gasteiger partial charge in [0.1, 0.15) is 33.7 Å². The van der Waals surface area contributed by atoms with Crippen LogP contribution in [0.1, 0.15) is 62.3 Å². The summed E-state index contributed by atoms with van der Waals surface area (Å²) in [6.07, 6.45) is 1.16. The molecule has 0 saturated heterocycles. The summed E-state index contributed by atoms with van der Waals surface area (Å²) in [5.74, 6) is -3.87. The van der Waals surface area contributed by atoms with Crippen LogP contribution in [0, 0.1) is 0 Å². The molecule has 1 aromatic carbocycles. The molecule has 0 spiro atoms. The van der Waals surface area contributed by atoms with Crippen LogP contribution in [0.3, 0.4) is 0 Å². The monoisotopic (exact) mass is 557 g/mol. The minimum atomic E-state index is -0.975. The highest BCUT2D eigenvalue weighted by Gasteiger charge is 2.37. The predicted octanol–water partition coefficient (Wildman–Crippen LogP) is 3.23. The second-order valence-electron chi connectivity index (χ2n) is 7.86. The number of hydrogen-bond acceptors (Lipinski definition) is 11. The SMILES string of the molecule is CCOC(=O)c1c(C(=O)OCC)c2c(-n3ncc(C(=O)OC)c3N)nc3ccc(Cl)cc3n2c1C(=O)OCC. The summed E-state index contributed by atoms with van der Waals surface area (Å²) in [6.45, 7) is 4.60. The molecule has 0 saturated carbocycles. The number of anilines is 1. The van der Waals surface area contributed by atoms with Crippen molar-refractivity contribution in [2.45, 2.75) is 20.8 Å². The Kier molecular flexibility index (Phi) is 7.72. The summed E-state index contributed by atoms with van der Waals surface area (Å²) in [6, 6.07) is 4.62. The molecule has 0 aliphatic carbocycles. The molecule has 204 valence electrons. The van der Waals surface area contributed by atoms with Gasteiger partial charge in [-0.05, 0) is 39.0 Å². The van der Waals surface area contributed by atoms with E-state index in [9.17, 15) is 19.2 Å². The van der Waals surface area contributed by atoms with Gasteiger partial charge in [-0.15, -0.1) is 0 Å². The van der Waals surface area contributed by atoms with Crippen molar-refractivity contribution in [3.63, 3.8) is 0 Å². The number of carbonyl (C=O) groups is 4. The molecule has 0 atom stereocenters. The third-order valence-electron chi connectivity index (χ3n) is 5.63. The fraction of sp³-hybridized carbons (Fsp3) is 0.280. The van der Waals surface area contributed by atoms with Crippen LogP contribution in [0.15, 0.2) is 24.4 Å². The molecule has 0 radical (unpaired) electrons. The number of aromatic nitrogens is 4. The predicted molar refractivity (Wildman–Crippen MR) is 138 cm³/mol. The van der Waals surface area contributed by atoms with Crippen LogP contribution >= 0.6 is 11.6 Å². The number of methoxy groups -OCH3 is 1. The number of nitrogen functional groups attached to an aromatic ring is 1. The van der Waals surface area contributed by atoms with E-state index < -0.39 is 29.4 Å². The maximum Gasteiger partial charge on any atom is 0.356 e. The summed E-state index contributed by atoms with van der Waals surface area (Å²) in [7, 11) is 1.18. The van der Waals surface area contributed by atoms with E-state index in [0.717, 1.165) is 10.9 Å². The maximum atomic E-state index is 13.4. The number of nitrogens with two attached hydrogens (primary N) is 1. The van der Waals surface area contributed by atoms with Gasteiger partial charge in [-0.1, -0.05) is 11.6 Å². The van der Waals surface area contributed by atoms with Crippen LogP contribution in [0.25, 0.3) is 22.4 Å². The molecule has 4 rings (SSSR count). The highest BCUT2D eigenvalue weighted by Crippen LogP contribution is 2.35. The number of fused-ring (bicyclic) bond motifs is 3. The third kappa shape index (κ3) is 4.61. The topological polar surface area (TPSA) is 166 Å². The van der Waals surface area contributed by atoms with Crippen molar-refractivity contribution in [2.24, 2.45) is 0 Å². The van der Waals surface area contributed by atoms with Crippen LogP contribution in [-0.2, 0) is 18.9 Å². The summed E-state index contributed by atoms with van der Waals surface area (Å²) in [5.41, 5.74) is 5.57. The van der Waals surface area contributed by atoms with Crippen molar-refractivity contribution in [3.8, 4) is 5.82 Å². The number of nitrogens with zero attached hydrogens (tertiary/aromatic N) is 4. The first-order chi connectivity index (χ1) is 18.7. The van der Waals surface area contributed by atoms with Crippen molar-refractivity contribution in [1.82, 2.24) is 19.2 Å². The van der Waals surface area contributed by atoms with Crippen molar-refractivity contribution in [2.75, 3.05) is 32.7 Å². The van der Waals surface area contributed by atoms with Crippen LogP contribution in [0.2, 0.25) is 5.02 Å². The zero-order valence-electron chi connectivity index (χ0n) is 21.4. The number of halogens is 1. The minimum absolute atomic E-state index is 0.0334. The second kappa shape index (κ2) is 11.0. The fourth-order valence-electron chi connectivity index (χ4n) is 4.10. The number of benzene rings is 1. The Morgan fingerprint density at radius 1 is 0.923 bits per heavy atom. The fourth-order valence-corrected chi connectivity index (χ4v) is 4.27. The van der Waals surface area contributed by atoms with Crippen molar-refractivity contribution in [3.05, 3.63) is 51.8 Å². The van der Waals surface area contributed by atoms with Gasteiger partial charge in [-0.25, -0.2) is 24.2 Å². The molecule has 3 aromatic heterocycles. The Balaban J connectivity index is 2.30. The largest absolute Gasteiger partial charge is 0.465 e. The highest BCUT2D eigenvalue weighted by atomic mass is 35.5. The van der Waals surface area contributed by atoms with Crippen molar-refractivity contribution < 1.29 is 38.1 Å². The van der Waals surface area contributed by atoms with E-state index in [1.807, 2.05) is 0 Å². The lowest BCUT2D eigenvalue weighted by atomic mass is 10.1. The number of rotatable bonds is 8. The Morgan fingerprint density at radius 3 is 2.15 bits per heavy atom. The van der Waals surface area contributed by atoms with E-state index in [1.165, 1.54) is 17.6 Å². The number of ether oxygens (including phenoxy) is 4. The molecule has 0 aliphatic heterocycles. The van der Waals surface area contributed by atoms with Gasteiger partial charge in [0.05, 0.1) is 44.2 Å². The zero-order valence-corrected chi connectivity index (χ0v) is 22.2. The van der Waals surface area contributed by atoms with Gasteiger partial charge in [0.25, 0.3) is 0 Å². The van der Waals surface area contributed by atoms with E-state index in [-0.39, 0.29) is 69.8 Å². The van der Waals surface area contributed by atoms with Crippen LogP contribution in [0.4, 0.5) is 5.82 Å². The normalized spacial score (nSPS) is 11.0. The Hall–Kier alpha value is -4.65. The van der Waals surface area contributed by atoms with E-state index in [4.69, 9.17) is 36.3 Å². The first-order valence-electron chi connectivity index (χ1n) is 11.8. The molecular formula is C25H24ClN5O8. The second-order valence-corrected chi connectivity index (χ2v) is 8.30. The lowest BCUT2D eigenvalue weighted by Gasteiger charge is -2.13. The molecule has 0 amide bonds. The standard InChI is InChI=1S/C25H24ClN5O8/c1-5-37-23(33)16-17(24(34)38-6-2)19(25(35)39-7-3)30-15-10-12(26)8-9-14(15)29-21(18(16)30)31-20(27)13(11-28-31)22(32)36-4/h8-11H,5-7,27H2,1-4H3. The van der Waals surface area contributed by atoms with Crippen LogP contribution < -0.4 is 5.73 Å². The van der Waals surface area contributed by atoms with Gasteiger partial charge >= 0.3 is 23.9 Å². The van der Waals surface area contributed by atoms with Crippen LogP contribution in [-0.4, -0.2) is 70.0 Å². The van der Waals surface area contributed by atoms with Gasteiger partial charge in [-0.2, -0.15) is 9.78 Å². The summed E-state index contributed by atoms with van der Waals surface area (Å²) < 4.78 is 22.9. The average molecular weight is 558 g/mol. The quantitative estimate of drug-likeness (QED) is 0.249. The molecule has 0 fully saturated rings. The molecule has 4 aromatic rings. The average Bonchev–Trinajstić information content (AvgIpc) is 3.47. The smallest absolute Gasteiger partial charge is 0.356 e. The molecule has 13 nitrogen and oxygen atoms in total.